The Balaban J connectivity index is 1.41. The largest absolute Gasteiger partial charge is 0.433 e. The zero-order chi connectivity index (χ0) is 24.4. The van der Waals surface area contributed by atoms with Crippen molar-refractivity contribution in [1.29, 1.82) is 0 Å². The van der Waals surface area contributed by atoms with E-state index in [0.717, 1.165) is 22.7 Å². The van der Waals surface area contributed by atoms with Gasteiger partial charge in [0, 0.05) is 17.2 Å². The third-order valence-electron chi connectivity index (χ3n) is 5.35. The molecule has 2 aliphatic heterocycles. The van der Waals surface area contributed by atoms with Gasteiger partial charge in [0.15, 0.2) is 0 Å². The van der Waals surface area contributed by atoms with E-state index in [4.69, 9.17) is 27.6 Å². The molecule has 1 atom stereocenters. The van der Waals surface area contributed by atoms with E-state index in [1.54, 1.807) is 0 Å². The fourth-order valence-corrected chi connectivity index (χ4v) is 5.39. The van der Waals surface area contributed by atoms with Crippen LogP contribution in [0.3, 0.4) is 0 Å². The molecule has 1 amide bonds. The van der Waals surface area contributed by atoms with Crippen LogP contribution in [0.4, 0.5) is 18.9 Å². The van der Waals surface area contributed by atoms with Crippen molar-refractivity contribution in [3.05, 3.63) is 44.2 Å². The minimum Gasteiger partial charge on any atom is -0.419 e. The van der Waals surface area contributed by atoms with Gasteiger partial charge in [0.1, 0.15) is 29.3 Å². The second-order valence-electron chi connectivity index (χ2n) is 7.99. The first-order chi connectivity index (χ1) is 16.0. The summed E-state index contributed by atoms with van der Waals surface area (Å²) in [5.74, 6) is 0.414. The van der Waals surface area contributed by atoms with Crippen LogP contribution < -0.4 is 4.90 Å². The van der Waals surface area contributed by atoms with E-state index >= 15 is 0 Å². The lowest BCUT2D eigenvalue weighted by molar-refractivity contribution is -0.141. The van der Waals surface area contributed by atoms with Crippen LogP contribution in [0, 0.1) is 5.92 Å². The molecule has 0 bridgehead atoms. The van der Waals surface area contributed by atoms with Gasteiger partial charge in [-0.1, -0.05) is 37.0 Å². The van der Waals surface area contributed by atoms with Crippen molar-refractivity contribution in [2.24, 2.45) is 11.0 Å². The predicted octanol–water partition coefficient (Wildman–Crippen LogP) is 5.26. The summed E-state index contributed by atoms with van der Waals surface area (Å²) >= 11 is 13.5. The van der Waals surface area contributed by atoms with Crippen LogP contribution in [0.1, 0.15) is 30.3 Å². The molecule has 3 aromatic heterocycles. The van der Waals surface area contributed by atoms with E-state index in [1.165, 1.54) is 16.3 Å². The van der Waals surface area contributed by atoms with E-state index < -0.39 is 23.1 Å². The zero-order valence-electron chi connectivity index (χ0n) is 17.6. The molecule has 2 aliphatic rings. The Labute approximate surface area is 205 Å². The van der Waals surface area contributed by atoms with E-state index in [2.05, 4.69) is 20.3 Å². The van der Waals surface area contributed by atoms with Crippen LogP contribution in [-0.4, -0.2) is 38.0 Å². The smallest absolute Gasteiger partial charge is 0.419 e. The SMILES string of the molecule is CC(C)C1=NN(Cc2nnc(-c3ccc(C(F)(F)F)nc3Cl)o2)C(=O)C2Cc3sc(Cl)cc3N12. The van der Waals surface area contributed by atoms with Crippen molar-refractivity contribution < 1.29 is 22.4 Å². The summed E-state index contributed by atoms with van der Waals surface area (Å²) in [6.07, 6.45) is -4.12. The Hall–Kier alpha value is -2.70. The highest BCUT2D eigenvalue weighted by atomic mass is 35.5. The van der Waals surface area contributed by atoms with Crippen molar-refractivity contribution in [2.45, 2.75) is 39.0 Å². The van der Waals surface area contributed by atoms with Gasteiger partial charge in [0.25, 0.3) is 11.8 Å². The normalized spacial score (nSPS) is 17.9. The molecule has 3 aromatic rings. The first-order valence-corrected chi connectivity index (χ1v) is 11.6. The van der Waals surface area contributed by atoms with Gasteiger partial charge in [-0.3, -0.25) is 4.79 Å². The number of amidine groups is 1. The molecule has 0 spiro atoms. The van der Waals surface area contributed by atoms with Crippen LogP contribution in [0.25, 0.3) is 11.5 Å². The lowest BCUT2D eigenvalue weighted by atomic mass is 10.1. The van der Waals surface area contributed by atoms with Gasteiger partial charge in [0.2, 0.25) is 5.89 Å². The number of hydrogen-bond donors (Lipinski definition) is 0. The number of hydrazone groups is 1. The maximum Gasteiger partial charge on any atom is 0.433 e. The molecule has 178 valence electrons. The molecular formula is C20H15Cl2F3N6O2S. The molecule has 14 heteroatoms. The Morgan fingerprint density at radius 1 is 1.26 bits per heavy atom. The maximum absolute atomic E-state index is 13.2. The Kier molecular flexibility index (Phi) is 5.57. The zero-order valence-corrected chi connectivity index (χ0v) is 19.9. The highest BCUT2D eigenvalue weighted by Gasteiger charge is 2.45. The number of thiophene rings is 1. The molecule has 0 N–H and O–H groups in total. The van der Waals surface area contributed by atoms with Crippen LogP contribution in [-0.2, 0) is 23.9 Å². The summed E-state index contributed by atoms with van der Waals surface area (Å²) in [5.41, 5.74) is -0.190. The van der Waals surface area contributed by atoms with Crippen LogP contribution >= 0.6 is 34.5 Å². The average Bonchev–Trinajstić information content (AvgIpc) is 3.44. The van der Waals surface area contributed by atoms with Crippen molar-refractivity contribution >= 4 is 52.0 Å². The highest BCUT2D eigenvalue weighted by Crippen LogP contribution is 2.43. The van der Waals surface area contributed by atoms with E-state index in [1.807, 2.05) is 24.8 Å². The summed E-state index contributed by atoms with van der Waals surface area (Å²) in [5, 5.41) is 13.2. The Morgan fingerprint density at radius 3 is 2.71 bits per heavy atom. The van der Waals surface area contributed by atoms with Gasteiger partial charge in [-0.15, -0.1) is 21.5 Å². The molecule has 0 saturated carbocycles. The number of anilines is 1. The number of rotatable bonds is 4. The molecule has 0 fully saturated rings. The fourth-order valence-electron chi connectivity index (χ4n) is 3.86. The lowest BCUT2D eigenvalue weighted by Gasteiger charge is -2.36. The number of carbonyl (C=O) groups is 1. The number of alkyl halides is 3. The monoisotopic (exact) mass is 530 g/mol. The third kappa shape index (κ3) is 3.93. The standard InChI is InChI=1S/C20H15Cl2F3N6O2S/c1-8(2)17-29-30(19(32)11-5-12-10(31(11)17)6-14(21)34-12)7-15-27-28-18(33-15)9-3-4-13(20(23,24)25)26-16(9)22/h3-4,6,8,11H,5,7H2,1-2H3. The Bertz CT molecular complexity index is 1320. The Morgan fingerprint density at radius 2 is 2.03 bits per heavy atom. The molecule has 1 unspecified atom stereocenters. The molecule has 0 saturated heterocycles. The maximum atomic E-state index is 13.2. The summed E-state index contributed by atoms with van der Waals surface area (Å²) in [4.78, 5) is 19.5. The van der Waals surface area contributed by atoms with E-state index in [0.29, 0.717) is 16.6 Å². The summed E-state index contributed by atoms with van der Waals surface area (Å²) < 4.78 is 44.7. The molecule has 0 aliphatic carbocycles. The fraction of sp³-hybridized carbons (Fsp3) is 0.350. The van der Waals surface area contributed by atoms with Gasteiger partial charge < -0.3 is 9.32 Å². The van der Waals surface area contributed by atoms with E-state index in [9.17, 15) is 18.0 Å². The minimum atomic E-state index is -4.63. The molecule has 0 radical (unpaired) electrons. The minimum absolute atomic E-state index is 0.0120. The van der Waals surface area contributed by atoms with Crippen LogP contribution in [0.5, 0.6) is 0 Å². The lowest BCUT2D eigenvalue weighted by Crippen LogP contribution is -2.54. The molecule has 8 nitrogen and oxygen atoms in total. The molecule has 5 rings (SSSR count). The second kappa shape index (κ2) is 8.21. The summed E-state index contributed by atoms with van der Waals surface area (Å²) in [6, 6.07) is 3.27. The molecule has 34 heavy (non-hydrogen) atoms. The predicted molar refractivity (Wildman–Crippen MR) is 120 cm³/mol. The number of fused-ring (bicyclic) bond motifs is 3. The number of carbonyl (C=O) groups excluding carboxylic acids is 1. The van der Waals surface area contributed by atoms with Crippen molar-refractivity contribution in [3.8, 4) is 11.5 Å². The molecule has 0 aromatic carbocycles. The van der Waals surface area contributed by atoms with Gasteiger partial charge in [-0.05, 0) is 18.2 Å². The van der Waals surface area contributed by atoms with Crippen LogP contribution in [0.15, 0.2) is 27.7 Å². The van der Waals surface area contributed by atoms with Gasteiger partial charge in [-0.25, -0.2) is 9.99 Å². The van der Waals surface area contributed by atoms with Crippen molar-refractivity contribution in [1.82, 2.24) is 20.2 Å². The summed E-state index contributed by atoms with van der Waals surface area (Å²) in [7, 11) is 0. The van der Waals surface area contributed by atoms with Crippen LogP contribution in [0.2, 0.25) is 9.49 Å². The van der Waals surface area contributed by atoms with E-state index in [-0.39, 0.29) is 35.7 Å². The molecular weight excluding hydrogens is 516 g/mol. The third-order valence-corrected chi connectivity index (χ3v) is 6.92. The first-order valence-electron chi connectivity index (χ1n) is 10.1. The van der Waals surface area contributed by atoms with Gasteiger partial charge in [-0.2, -0.15) is 18.3 Å². The molecule has 5 heterocycles. The first kappa shape index (κ1) is 23.1. The van der Waals surface area contributed by atoms with Gasteiger partial charge in [0.05, 0.1) is 15.6 Å². The van der Waals surface area contributed by atoms with Gasteiger partial charge >= 0.3 is 6.18 Å². The number of hydrogen-bond acceptors (Lipinski definition) is 8. The number of amides is 1. The average molecular weight is 531 g/mol. The summed E-state index contributed by atoms with van der Waals surface area (Å²) in [6.45, 7) is 3.84. The second-order valence-corrected chi connectivity index (χ2v) is 10.1. The number of halogens is 5. The van der Waals surface area contributed by atoms with Crippen molar-refractivity contribution in [3.63, 3.8) is 0 Å². The quantitative estimate of drug-likeness (QED) is 0.427. The number of pyridine rings is 1. The van der Waals surface area contributed by atoms with Crippen molar-refractivity contribution in [2.75, 3.05) is 4.90 Å². The number of aromatic nitrogens is 3. The topological polar surface area (TPSA) is 87.7 Å². The highest BCUT2D eigenvalue weighted by molar-refractivity contribution is 7.16. The number of nitrogens with zero attached hydrogens (tertiary/aromatic N) is 6.